The summed E-state index contributed by atoms with van der Waals surface area (Å²) >= 11 is 9.76. The van der Waals surface area contributed by atoms with Crippen LogP contribution in [0, 0.1) is 0 Å². The highest BCUT2D eigenvalue weighted by atomic mass is 79.9. The second kappa shape index (κ2) is 6.95. The topological polar surface area (TPSA) is 12.0 Å². The van der Waals surface area contributed by atoms with Crippen molar-refractivity contribution in [3.05, 3.63) is 69.2 Å². The zero-order chi connectivity index (χ0) is 15.5. The van der Waals surface area contributed by atoms with Gasteiger partial charge in [-0.05, 0) is 30.2 Å². The van der Waals surface area contributed by atoms with Crippen molar-refractivity contribution in [3.63, 3.8) is 0 Å². The monoisotopic (exact) mass is 365 g/mol. The molecule has 0 heterocycles. The van der Waals surface area contributed by atoms with Crippen LogP contribution < -0.4 is 5.32 Å². The summed E-state index contributed by atoms with van der Waals surface area (Å²) in [6, 6.07) is 16.8. The van der Waals surface area contributed by atoms with E-state index in [1.54, 1.807) is 0 Å². The van der Waals surface area contributed by atoms with Gasteiger partial charge in [0.25, 0.3) is 0 Å². The number of hydrogen-bond acceptors (Lipinski definition) is 1. The van der Waals surface area contributed by atoms with Crippen molar-refractivity contribution in [2.75, 3.05) is 6.54 Å². The molecular weight excluding hydrogens is 346 g/mol. The SMILES string of the molecule is CC(NCC(C)(C)c1ccccc1)c1ccc(Br)cc1Cl. The maximum absolute atomic E-state index is 6.32. The van der Waals surface area contributed by atoms with Crippen molar-refractivity contribution in [2.24, 2.45) is 0 Å². The van der Waals surface area contributed by atoms with Crippen molar-refractivity contribution < 1.29 is 0 Å². The van der Waals surface area contributed by atoms with Crippen LogP contribution in [-0.2, 0) is 5.41 Å². The summed E-state index contributed by atoms with van der Waals surface area (Å²) in [5.74, 6) is 0. The number of nitrogens with one attached hydrogen (secondary N) is 1. The average Bonchev–Trinajstić information content (AvgIpc) is 2.46. The fraction of sp³-hybridized carbons (Fsp3) is 0.333. The van der Waals surface area contributed by atoms with Crippen LogP contribution in [0.4, 0.5) is 0 Å². The van der Waals surface area contributed by atoms with Crippen LogP contribution in [0.5, 0.6) is 0 Å². The third-order valence-electron chi connectivity index (χ3n) is 3.83. The van der Waals surface area contributed by atoms with Crippen molar-refractivity contribution in [1.82, 2.24) is 5.32 Å². The van der Waals surface area contributed by atoms with E-state index in [2.05, 4.69) is 78.4 Å². The Hall–Kier alpha value is -0.830. The van der Waals surface area contributed by atoms with E-state index in [-0.39, 0.29) is 11.5 Å². The molecule has 0 aliphatic heterocycles. The van der Waals surface area contributed by atoms with Crippen LogP contribution in [-0.4, -0.2) is 6.54 Å². The molecule has 0 spiro atoms. The Morgan fingerprint density at radius 3 is 2.43 bits per heavy atom. The Morgan fingerprint density at radius 2 is 1.81 bits per heavy atom. The van der Waals surface area contributed by atoms with Crippen LogP contribution in [0.3, 0.4) is 0 Å². The first-order chi connectivity index (χ1) is 9.90. The Balaban J connectivity index is 2.05. The summed E-state index contributed by atoms with van der Waals surface area (Å²) < 4.78 is 1.01. The van der Waals surface area contributed by atoms with Gasteiger partial charge < -0.3 is 5.32 Å². The van der Waals surface area contributed by atoms with E-state index in [0.717, 1.165) is 21.6 Å². The molecule has 1 unspecified atom stereocenters. The highest BCUT2D eigenvalue weighted by Crippen LogP contribution is 2.28. The van der Waals surface area contributed by atoms with Crippen LogP contribution in [0.2, 0.25) is 5.02 Å². The quantitative estimate of drug-likeness (QED) is 0.712. The fourth-order valence-electron chi connectivity index (χ4n) is 2.36. The zero-order valence-electron chi connectivity index (χ0n) is 12.7. The van der Waals surface area contributed by atoms with Crippen LogP contribution in [0.1, 0.15) is 37.9 Å². The van der Waals surface area contributed by atoms with Gasteiger partial charge in [-0.1, -0.05) is 77.8 Å². The van der Waals surface area contributed by atoms with Crippen LogP contribution in [0.25, 0.3) is 0 Å². The Bertz CT molecular complexity index is 595. The van der Waals surface area contributed by atoms with Gasteiger partial charge in [0.1, 0.15) is 0 Å². The fourth-order valence-corrected chi connectivity index (χ4v) is 3.20. The van der Waals surface area contributed by atoms with E-state index in [9.17, 15) is 0 Å². The molecule has 2 rings (SSSR count). The zero-order valence-corrected chi connectivity index (χ0v) is 15.0. The van der Waals surface area contributed by atoms with Gasteiger partial charge in [0.2, 0.25) is 0 Å². The molecule has 0 fully saturated rings. The van der Waals surface area contributed by atoms with E-state index >= 15 is 0 Å². The molecular formula is C18H21BrClN. The molecule has 1 atom stereocenters. The van der Waals surface area contributed by atoms with E-state index in [4.69, 9.17) is 11.6 Å². The molecule has 21 heavy (non-hydrogen) atoms. The van der Waals surface area contributed by atoms with E-state index < -0.39 is 0 Å². The maximum atomic E-state index is 6.32. The lowest BCUT2D eigenvalue weighted by Crippen LogP contribution is -2.34. The van der Waals surface area contributed by atoms with Crippen LogP contribution >= 0.6 is 27.5 Å². The summed E-state index contributed by atoms with van der Waals surface area (Å²) in [5, 5.41) is 4.39. The van der Waals surface area contributed by atoms with Gasteiger partial charge in [-0.25, -0.2) is 0 Å². The highest BCUT2D eigenvalue weighted by Gasteiger charge is 2.21. The molecule has 112 valence electrons. The molecule has 0 amide bonds. The normalized spacial score (nSPS) is 13.2. The minimum Gasteiger partial charge on any atom is -0.309 e. The second-order valence-electron chi connectivity index (χ2n) is 6.02. The Kier molecular flexibility index (Phi) is 5.48. The van der Waals surface area contributed by atoms with E-state index in [1.807, 2.05) is 12.1 Å². The van der Waals surface area contributed by atoms with Gasteiger partial charge in [-0.3, -0.25) is 0 Å². The molecule has 0 aliphatic carbocycles. The lowest BCUT2D eigenvalue weighted by Gasteiger charge is -2.28. The second-order valence-corrected chi connectivity index (χ2v) is 7.34. The first kappa shape index (κ1) is 16.5. The van der Waals surface area contributed by atoms with Crippen molar-refractivity contribution in [2.45, 2.75) is 32.2 Å². The average molecular weight is 367 g/mol. The first-order valence-electron chi connectivity index (χ1n) is 7.14. The Labute approximate surface area is 140 Å². The van der Waals surface area contributed by atoms with Gasteiger partial charge in [-0.2, -0.15) is 0 Å². The van der Waals surface area contributed by atoms with Crippen molar-refractivity contribution >= 4 is 27.5 Å². The number of benzene rings is 2. The van der Waals surface area contributed by atoms with Gasteiger partial charge in [-0.15, -0.1) is 0 Å². The molecule has 0 saturated heterocycles. The molecule has 2 aromatic carbocycles. The minimum atomic E-state index is 0.0807. The Morgan fingerprint density at radius 1 is 1.14 bits per heavy atom. The van der Waals surface area contributed by atoms with Gasteiger partial charge in [0.05, 0.1) is 0 Å². The number of rotatable bonds is 5. The van der Waals surface area contributed by atoms with Gasteiger partial charge in [0, 0.05) is 27.5 Å². The van der Waals surface area contributed by atoms with Gasteiger partial charge in [0.15, 0.2) is 0 Å². The summed E-state index contributed by atoms with van der Waals surface area (Å²) in [7, 11) is 0. The highest BCUT2D eigenvalue weighted by molar-refractivity contribution is 9.10. The lowest BCUT2D eigenvalue weighted by atomic mass is 9.84. The molecule has 0 bridgehead atoms. The molecule has 1 nitrogen and oxygen atoms in total. The number of halogens is 2. The van der Waals surface area contributed by atoms with E-state index in [0.29, 0.717) is 0 Å². The molecule has 0 aromatic heterocycles. The van der Waals surface area contributed by atoms with Crippen molar-refractivity contribution in [3.8, 4) is 0 Å². The summed E-state index contributed by atoms with van der Waals surface area (Å²) in [6.45, 7) is 7.55. The van der Waals surface area contributed by atoms with Crippen LogP contribution in [0.15, 0.2) is 53.0 Å². The standard InChI is InChI=1S/C18H21BrClN/c1-13(16-10-9-15(19)11-17(16)20)21-12-18(2,3)14-7-5-4-6-8-14/h4-11,13,21H,12H2,1-3H3. The number of hydrogen-bond donors (Lipinski definition) is 1. The first-order valence-corrected chi connectivity index (χ1v) is 8.31. The van der Waals surface area contributed by atoms with E-state index in [1.165, 1.54) is 5.56 Å². The minimum absolute atomic E-state index is 0.0807. The molecule has 1 N–H and O–H groups in total. The summed E-state index contributed by atoms with van der Waals surface area (Å²) in [5.41, 5.74) is 2.55. The molecule has 2 aromatic rings. The summed E-state index contributed by atoms with van der Waals surface area (Å²) in [6.07, 6.45) is 0. The lowest BCUT2D eigenvalue weighted by molar-refractivity contribution is 0.435. The summed E-state index contributed by atoms with van der Waals surface area (Å²) in [4.78, 5) is 0. The smallest absolute Gasteiger partial charge is 0.0464 e. The molecule has 0 aliphatic rings. The maximum Gasteiger partial charge on any atom is 0.0464 e. The largest absolute Gasteiger partial charge is 0.309 e. The predicted octanol–water partition coefficient (Wildman–Crippen LogP) is 5.73. The third-order valence-corrected chi connectivity index (χ3v) is 4.66. The predicted molar refractivity (Wildman–Crippen MR) is 95.0 cm³/mol. The third kappa shape index (κ3) is 4.32. The van der Waals surface area contributed by atoms with Gasteiger partial charge >= 0.3 is 0 Å². The molecule has 3 heteroatoms. The molecule has 0 saturated carbocycles. The molecule has 0 radical (unpaired) electrons. The van der Waals surface area contributed by atoms with Crippen molar-refractivity contribution in [1.29, 1.82) is 0 Å².